The molecule has 0 atom stereocenters. The van der Waals surface area contributed by atoms with E-state index in [9.17, 15) is 9.18 Å². The summed E-state index contributed by atoms with van der Waals surface area (Å²) in [5.74, 6) is 1.66. The number of benzene rings is 1. The molecule has 0 N–H and O–H groups in total. The van der Waals surface area contributed by atoms with Crippen LogP contribution in [0.4, 0.5) is 4.39 Å². The first kappa shape index (κ1) is 10.4. The highest BCUT2D eigenvalue weighted by Crippen LogP contribution is 2.21. The third kappa shape index (κ3) is 2.69. The number of carbonyl (C=O) groups is 1. The summed E-state index contributed by atoms with van der Waals surface area (Å²) in [4.78, 5) is 11.5. The Bertz CT molecular complexity index is 395. The van der Waals surface area contributed by atoms with Crippen LogP contribution >= 0.6 is 11.8 Å². The van der Waals surface area contributed by atoms with Gasteiger partial charge in [0.05, 0.1) is 0 Å². The van der Waals surface area contributed by atoms with E-state index in [1.807, 2.05) is 6.08 Å². The molecule has 1 fully saturated rings. The monoisotopic (exact) mass is 222 g/mol. The Balaban J connectivity index is 2.21. The lowest BCUT2D eigenvalue weighted by Crippen LogP contribution is -2.11. The average Bonchev–Trinajstić information content (AvgIpc) is 2.25. The highest BCUT2D eigenvalue weighted by Gasteiger charge is 2.14. The van der Waals surface area contributed by atoms with Crippen molar-refractivity contribution in [2.24, 2.45) is 0 Å². The fourth-order valence-corrected chi connectivity index (χ4v) is 2.41. The number of rotatable bonds is 1. The van der Waals surface area contributed by atoms with Crippen molar-refractivity contribution in [1.29, 1.82) is 0 Å². The molecule has 2 rings (SSSR count). The van der Waals surface area contributed by atoms with Gasteiger partial charge in [0, 0.05) is 23.5 Å². The fourth-order valence-electron chi connectivity index (χ4n) is 1.47. The summed E-state index contributed by atoms with van der Waals surface area (Å²) in [7, 11) is 0. The van der Waals surface area contributed by atoms with E-state index in [1.54, 1.807) is 23.9 Å². The standard InChI is InChI=1S/C12H11FOS/c13-11-3-1-9(2-4-11)7-10-8-15-6-5-12(10)14/h1-4,7H,5-6,8H2/b10-7+. The van der Waals surface area contributed by atoms with E-state index in [4.69, 9.17) is 0 Å². The number of thioether (sulfide) groups is 1. The summed E-state index contributed by atoms with van der Waals surface area (Å²) in [5, 5.41) is 0. The molecule has 1 aliphatic rings. The normalized spacial score (nSPS) is 19.5. The molecule has 1 aromatic carbocycles. The molecule has 0 saturated carbocycles. The third-order valence-corrected chi connectivity index (χ3v) is 3.31. The van der Waals surface area contributed by atoms with Crippen molar-refractivity contribution >= 4 is 23.6 Å². The highest BCUT2D eigenvalue weighted by molar-refractivity contribution is 7.99. The predicted molar refractivity (Wildman–Crippen MR) is 61.3 cm³/mol. The molecule has 0 aliphatic carbocycles. The third-order valence-electron chi connectivity index (χ3n) is 2.30. The minimum absolute atomic E-state index is 0.220. The summed E-state index contributed by atoms with van der Waals surface area (Å²) in [6.45, 7) is 0. The lowest BCUT2D eigenvalue weighted by Gasteiger charge is -2.11. The van der Waals surface area contributed by atoms with Gasteiger partial charge in [-0.2, -0.15) is 11.8 Å². The molecule has 0 amide bonds. The van der Waals surface area contributed by atoms with Crippen molar-refractivity contribution in [3.8, 4) is 0 Å². The SMILES string of the molecule is O=C1CCSC/C1=C\c1ccc(F)cc1. The topological polar surface area (TPSA) is 17.1 Å². The van der Waals surface area contributed by atoms with Crippen LogP contribution in [-0.2, 0) is 4.79 Å². The van der Waals surface area contributed by atoms with Crippen LogP contribution in [0.2, 0.25) is 0 Å². The lowest BCUT2D eigenvalue weighted by molar-refractivity contribution is -0.115. The fraction of sp³-hybridized carbons (Fsp3) is 0.250. The van der Waals surface area contributed by atoms with E-state index in [-0.39, 0.29) is 11.6 Å². The van der Waals surface area contributed by atoms with Crippen molar-refractivity contribution in [3.05, 3.63) is 41.2 Å². The summed E-state index contributed by atoms with van der Waals surface area (Å²) in [6, 6.07) is 6.20. The van der Waals surface area contributed by atoms with Gasteiger partial charge in [-0.3, -0.25) is 4.79 Å². The molecule has 0 bridgehead atoms. The van der Waals surface area contributed by atoms with Crippen LogP contribution in [0.15, 0.2) is 29.8 Å². The maximum Gasteiger partial charge on any atom is 0.160 e. The molecule has 3 heteroatoms. The van der Waals surface area contributed by atoms with Crippen molar-refractivity contribution in [1.82, 2.24) is 0 Å². The molecule has 0 aromatic heterocycles. The minimum Gasteiger partial charge on any atom is -0.294 e. The number of ketones is 1. The van der Waals surface area contributed by atoms with E-state index in [0.29, 0.717) is 6.42 Å². The van der Waals surface area contributed by atoms with Gasteiger partial charge in [-0.1, -0.05) is 12.1 Å². The largest absolute Gasteiger partial charge is 0.294 e. The molecule has 1 aromatic rings. The second-order valence-electron chi connectivity index (χ2n) is 3.45. The maximum atomic E-state index is 12.7. The molecule has 0 radical (unpaired) electrons. The lowest BCUT2D eigenvalue weighted by atomic mass is 10.1. The van der Waals surface area contributed by atoms with E-state index < -0.39 is 0 Å². The Morgan fingerprint density at radius 2 is 2.00 bits per heavy atom. The van der Waals surface area contributed by atoms with Gasteiger partial charge < -0.3 is 0 Å². The Kier molecular flexibility index (Phi) is 3.21. The summed E-state index contributed by atoms with van der Waals surface area (Å²) < 4.78 is 12.7. The van der Waals surface area contributed by atoms with Crippen LogP contribution in [0, 0.1) is 5.82 Å². The van der Waals surface area contributed by atoms with Gasteiger partial charge in [-0.25, -0.2) is 4.39 Å². The quantitative estimate of drug-likeness (QED) is 0.680. The van der Waals surface area contributed by atoms with Crippen LogP contribution in [0.5, 0.6) is 0 Å². The molecule has 1 aliphatic heterocycles. The summed E-state index contributed by atoms with van der Waals surface area (Å²) in [6.07, 6.45) is 2.48. The number of hydrogen-bond donors (Lipinski definition) is 0. The van der Waals surface area contributed by atoms with E-state index in [2.05, 4.69) is 0 Å². The summed E-state index contributed by atoms with van der Waals surface area (Å²) >= 11 is 1.77. The zero-order valence-corrected chi connectivity index (χ0v) is 9.02. The zero-order chi connectivity index (χ0) is 10.7. The Hall–Kier alpha value is -1.09. The van der Waals surface area contributed by atoms with Crippen LogP contribution in [-0.4, -0.2) is 17.3 Å². The number of Topliss-reactive ketones (excluding diaryl/α,β-unsaturated/α-hetero) is 1. The van der Waals surface area contributed by atoms with Crippen molar-refractivity contribution in [3.63, 3.8) is 0 Å². The molecule has 1 saturated heterocycles. The van der Waals surface area contributed by atoms with Crippen LogP contribution in [0.3, 0.4) is 0 Å². The summed E-state index contributed by atoms with van der Waals surface area (Å²) in [5.41, 5.74) is 1.74. The van der Waals surface area contributed by atoms with Gasteiger partial charge in [0.25, 0.3) is 0 Å². The van der Waals surface area contributed by atoms with Crippen molar-refractivity contribution in [2.45, 2.75) is 6.42 Å². The van der Waals surface area contributed by atoms with Gasteiger partial charge in [-0.15, -0.1) is 0 Å². The minimum atomic E-state index is -0.249. The van der Waals surface area contributed by atoms with Gasteiger partial charge in [-0.05, 0) is 23.8 Å². The first-order valence-electron chi connectivity index (χ1n) is 4.83. The smallest absolute Gasteiger partial charge is 0.160 e. The van der Waals surface area contributed by atoms with Crippen molar-refractivity contribution in [2.75, 3.05) is 11.5 Å². The zero-order valence-electron chi connectivity index (χ0n) is 8.20. The first-order chi connectivity index (χ1) is 7.25. The average molecular weight is 222 g/mol. The Labute approximate surface area is 92.4 Å². The number of carbonyl (C=O) groups excluding carboxylic acids is 1. The van der Waals surface area contributed by atoms with Gasteiger partial charge in [0.1, 0.15) is 5.82 Å². The maximum absolute atomic E-state index is 12.7. The first-order valence-corrected chi connectivity index (χ1v) is 5.98. The Morgan fingerprint density at radius 1 is 1.27 bits per heavy atom. The van der Waals surface area contributed by atoms with Crippen LogP contribution in [0.25, 0.3) is 6.08 Å². The number of hydrogen-bond acceptors (Lipinski definition) is 2. The molecule has 0 unspecified atom stereocenters. The van der Waals surface area contributed by atoms with Gasteiger partial charge >= 0.3 is 0 Å². The molecule has 1 nitrogen and oxygen atoms in total. The molecule has 1 heterocycles. The molecular weight excluding hydrogens is 211 g/mol. The molecular formula is C12H11FOS. The van der Waals surface area contributed by atoms with Gasteiger partial charge in [0.15, 0.2) is 5.78 Å². The van der Waals surface area contributed by atoms with Crippen molar-refractivity contribution < 1.29 is 9.18 Å². The Morgan fingerprint density at radius 3 is 2.67 bits per heavy atom. The van der Waals surface area contributed by atoms with E-state index >= 15 is 0 Å². The van der Waals surface area contributed by atoms with Gasteiger partial charge in [0.2, 0.25) is 0 Å². The van der Waals surface area contributed by atoms with Crippen LogP contribution < -0.4 is 0 Å². The van der Waals surface area contributed by atoms with E-state index in [0.717, 1.165) is 22.6 Å². The molecule has 0 spiro atoms. The second-order valence-corrected chi connectivity index (χ2v) is 4.55. The second kappa shape index (κ2) is 4.62. The molecule has 78 valence electrons. The van der Waals surface area contributed by atoms with E-state index in [1.165, 1.54) is 12.1 Å². The number of halogens is 1. The highest BCUT2D eigenvalue weighted by atomic mass is 32.2. The molecule has 15 heavy (non-hydrogen) atoms. The van der Waals surface area contributed by atoms with Crippen LogP contribution in [0.1, 0.15) is 12.0 Å². The predicted octanol–water partition coefficient (Wildman–Crippen LogP) is 2.92.